The Bertz CT molecular complexity index is 1050. The Balaban J connectivity index is 2.10. The standard InChI is InChI=1S/C22H27ClN2O5S/c1-6-14(2)16-7-9-17(10-8-16)24-21(26)15(3)30-22(27)19-13-18(11-12-20(19)23)31(28,29)25(4)5/h7-15H,6H2,1-5H3,(H,24,26)/t14-,15+/m0/s1. The van der Waals surface area contributed by atoms with Crippen molar-refractivity contribution in [2.45, 2.75) is 44.1 Å². The third-order valence-corrected chi connectivity index (χ3v) is 7.09. The molecule has 0 saturated heterocycles. The van der Waals surface area contributed by atoms with Crippen LogP contribution in [-0.2, 0) is 19.6 Å². The molecule has 0 radical (unpaired) electrons. The zero-order valence-corrected chi connectivity index (χ0v) is 19.8. The Hall–Kier alpha value is -2.42. The van der Waals surface area contributed by atoms with E-state index in [9.17, 15) is 18.0 Å². The maximum atomic E-state index is 12.5. The van der Waals surface area contributed by atoms with Crippen LogP contribution in [0.25, 0.3) is 0 Å². The number of ether oxygens (including phenoxy) is 1. The van der Waals surface area contributed by atoms with Crippen molar-refractivity contribution in [2.24, 2.45) is 0 Å². The zero-order valence-electron chi connectivity index (χ0n) is 18.2. The molecule has 2 aromatic rings. The lowest BCUT2D eigenvalue weighted by molar-refractivity contribution is -0.123. The van der Waals surface area contributed by atoms with E-state index in [1.165, 1.54) is 38.7 Å². The number of sulfonamides is 1. The van der Waals surface area contributed by atoms with Gasteiger partial charge >= 0.3 is 5.97 Å². The molecule has 2 atom stereocenters. The Morgan fingerprint density at radius 2 is 1.71 bits per heavy atom. The minimum Gasteiger partial charge on any atom is -0.449 e. The van der Waals surface area contributed by atoms with Crippen molar-refractivity contribution >= 4 is 39.2 Å². The van der Waals surface area contributed by atoms with Crippen LogP contribution in [0.4, 0.5) is 5.69 Å². The Morgan fingerprint density at radius 3 is 2.26 bits per heavy atom. The van der Waals surface area contributed by atoms with Crippen molar-refractivity contribution in [3.8, 4) is 0 Å². The first kappa shape index (κ1) is 24.8. The Labute approximate surface area is 188 Å². The number of rotatable bonds is 8. The van der Waals surface area contributed by atoms with Gasteiger partial charge in [-0.25, -0.2) is 17.5 Å². The topological polar surface area (TPSA) is 92.8 Å². The molecule has 7 nitrogen and oxygen atoms in total. The molecule has 0 unspecified atom stereocenters. The second-order valence-electron chi connectivity index (χ2n) is 7.40. The lowest BCUT2D eigenvalue weighted by atomic mass is 9.99. The van der Waals surface area contributed by atoms with Crippen LogP contribution < -0.4 is 5.32 Å². The summed E-state index contributed by atoms with van der Waals surface area (Å²) in [7, 11) is -1.00. The average Bonchev–Trinajstić information content (AvgIpc) is 2.73. The number of esters is 1. The number of nitrogens with one attached hydrogen (secondary N) is 1. The molecule has 168 valence electrons. The molecule has 0 spiro atoms. The summed E-state index contributed by atoms with van der Waals surface area (Å²) < 4.78 is 30.8. The summed E-state index contributed by atoms with van der Waals surface area (Å²) in [6.45, 7) is 5.66. The Kier molecular flexibility index (Phi) is 8.22. The van der Waals surface area contributed by atoms with Crippen LogP contribution in [0.5, 0.6) is 0 Å². The fourth-order valence-electron chi connectivity index (χ4n) is 2.68. The lowest BCUT2D eigenvalue weighted by Gasteiger charge is -2.16. The molecule has 2 rings (SSSR count). The molecule has 0 bridgehead atoms. The van der Waals surface area contributed by atoms with Gasteiger partial charge in [-0.1, -0.05) is 37.6 Å². The van der Waals surface area contributed by atoms with Gasteiger partial charge in [0, 0.05) is 19.8 Å². The molecule has 9 heteroatoms. The van der Waals surface area contributed by atoms with Crippen molar-refractivity contribution in [3.05, 3.63) is 58.6 Å². The van der Waals surface area contributed by atoms with Crippen molar-refractivity contribution in [2.75, 3.05) is 19.4 Å². The maximum Gasteiger partial charge on any atom is 0.340 e. The van der Waals surface area contributed by atoms with E-state index in [2.05, 4.69) is 19.2 Å². The maximum absolute atomic E-state index is 12.5. The summed E-state index contributed by atoms with van der Waals surface area (Å²) in [5.74, 6) is -0.991. The smallest absolute Gasteiger partial charge is 0.340 e. The first-order chi connectivity index (χ1) is 14.5. The van der Waals surface area contributed by atoms with Gasteiger partial charge in [-0.15, -0.1) is 0 Å². The third-order valence-electron chi connectivity index (χ3n) is 4.95. The fraction of sp³-hybridized carbons (Fsp3) is 0.364. The predicted octanol–water partition coefficient (Wildman–Crippen LogP) is 4.29. The van der Waals surface area contributed by atoms with Crippen molar-refractivity contribution in [3.63, 3.8) is 0 Å². The first-order valence-corrected chi connectivity index (χ1v) is 11.6. The number of amides is 1. The lowest BCUT2D eigenvalue weighted by Crippen LogP contribution is -2.30. The van der Waals surface area contributed by atoms with Crippen LogP contribution in [-0.4, -0.2) is 44.8 Å². The second-order valence-corrected chi connectivity index (χ2v) is 9.96. The van der Waals surface area contributed by atoms with Crippen molar-refractivity contribution in [1.29, 1.82) is 0 Å². The van der Waals surface area contributed by atoms with E-state index in [4.69, 9.17) is 16.3 Å². The van der Waals surface area contributed by atoms with Gasteiger partial charge in [0.05, 0.1) is 15.5 Å². The summed E-state index contributed by atoms with van der Waals surface area (Å²) in [4.78, 5) is 24.9. The van der Waals surface area contributed by atoms with Gasteiger partial charge in [-0.05, 0) is 55.2 Å². The highest BCUT2D eigenvalue weighted by atomic mass is 35.5. The largest absolute Gasteiger partial charge is 0.449 e. The minimum atomic E-state index is -3.76. The van der Waals surface area contributed by atoms with Gasteiger partial charge in [0.25, 0.3) is 5.91 Å². The number of carbonyl (C=O) groups is 2. The molecule has 0 aromatic heterocycles. The van der Waals surface area contributed by atoms with E-state index >= 15 is 0 Å². The molecule has 0 aliphatic heterocycles. The van der Waals surface area contributed by atoms with Gasteiger partial charge in [0.2, 0.25) is 10.0 Å². The van der Waals surface area contributed by atoms with Crippen molar-refractivity contribution in [1.82, 2.24) is 4.31 Å². The highest BCUT2D eigenvalue weighted by molar-refractivity contribution is 7.89. The molecule has 0 aliphatic carbocycles. The van der Waals surface area contributed by atoms with Crippen LogP contribution in [0, 0.1) is 0 Å². The van der Waals surface area contributed by atoms with Crippen LogP contribution in [0.3, 0.4) is 0 Å². The molecule has 1 amide bonds. The summed E-state index contributed by atoms with van der Waals surface area (Å²) >= 11 is 6.06. The highest BCUT2D eigenvalue weighted by Crippen LogP contribution is 2.24. The number of anilines is 1. The van der Waals surface area contributed by atoms with E-state index in [0.717, 1.165) is 16.8 Å². The number of halogens is 1. The summed E-state index contributed by atoms with van der Waals surface area (Å²) in [6.07, 6.45) is -0.106. The first-order valence-electron chi connectivity index (χ1n) is 9.81. The monoisotopic (exact) mass is 466 g/mol. The summed E-state index contributed by atoms with van der Waals surface area (Å²) in [6, 6.07) is 11.2. The second kappa shape index (κ2) is 10.3. The normalized spacial score (nSPS) is 13.5. The van der Waals surface area contributed by atoms with Gasteiger partial charge < -0.3 is 10.1 Å². The van der Waals surface area contributed by atoms with E-state index in [-0.39, 0.29) is 15.5 Å². The summed E-state index contributed by atoms with van der Waals surface area (Å²) in [5.41, 5.74) is 1.61. The molecule has 2 aromatic carbocycles. The van der Waals surface area contributed by atoms with E-state index in [0.29, 0.717) is 11.6 Å². The van der Waals surface area contributed by atoms with E-state index in [1.54, 1.807) is 12.1 Å². The predicted molar refractivity (Wildman–Crippen MR) is 121 cm³/mol. The fourth-order valence-corrected chi connectivity index (χ4v) is 3.81. The SMILES string of the molecule is CC[C@H](C)c1ccc(NC(=O)[C@@H](C)OC(=O)c2cc(S(=O)(=O)N(C)C)ccc2Cl)cc1. The van der Waals surface area contributed by atoms with Crippen molar-refractivity contribution < 1.29 is 22.7 Å². The van der Waals surface area contributed by atoms with Gasteiger partial charge in [0.1, 0.15) is 0 Å². The van der Waals surface area contributed by atoms with Gasteiger partial charge in [0.15, 0.2) is 6.10 Å². The molecule has 31 heavy (non-hydrogen) atoms. The molecule has 0 aliphatic rings. The van der Waals surface area contributed by atoms with Crippen LogP contribution in [0.1, 0.15) is 49.0 Å². The number of nitrogens with zero attached hydrogens (tertiary/aromatic N) is 1. The number of benzene rings is 2. The molecular formula is C22H27ClN2O5S. The minimum absolute atomic E-state index is 0.0240. The average molecular weight is 467 g/mol. The van der Waals surface area contributed by atoms with Gasteiger partial charge in [-0.3, -0.25) is 4.79 Å². The number of hydrogen-bond acceptors (Lipinski definition) is 5. The number of carbonyl (C=O) groups excluding carboxylic acids is 2. The molecule has 0 fully saturated rings. The summed E-state index contributed by atoms with van der Waals surface area (Å²) in [5, 5.41) is 2.72. The molecule has 1 N–H and O–H groups in total. The zero-order chi connectivity index (χ0) is 23.3. The molecular weight excluding hydrogens is 440 g/mol. The number of hydrogen-bond donors (Lipinski definition) is 1. The van der Waals surface area contributed by atoms with Crippen LogP contribution in [0.2, 0.25) is 5.02 Å². The molecule has 0 saturated carbocycles. The van der Waals surface area contributed by atoms with Gasteiger partial charge in [-0.2, -0.15) is 0 Å². The van der Waals surface area contributed by atoms with Crippen LogP contribution >= 0.6 is 11.6 Å². The third kappa shape index (κ3) is 6.06. The molecule has 0 heterocycles. The Morgan fingerprint density at radius 1 is 1.10 bits per heavy atom. The highest BCUT2D eigenvalue weighted by Gasteiger charge is 2.24. The quantitative estimate of drug-likeness (QED) is 0.586. The van der Waals surface area contributed by atoms with E-state index < -0.39 is 28.0 Å². The van der Waals surface area contributed by atoms with E-state index in [1.807, 2.05) is 12.1 Å². The van der Waals surface area contributed by atoms with Crippen LogP contribution in [0.15, 0.2) is 47.4 Å².